The molecule has 1 aliphatic rings. The second kappa shape index (κ2) is 13.2. The number of nitrogens with zero attached hydrogens (tertiary/aromatic N) is 1. The monoisotopic (exact) mass is 520 g/mol. The number of rotatable bonds is 13. The lowest BCUT2D eigenvalue weighted by Crippen LogP contribution is -2.58. The van der Waals surface area contributed by atoms with Crippen LogP contribution in [0.2, 0.25) is 0 Å². The van der Waals surface area contributed by atoms with Crippen LogP contribution in [-0.4, -0.2) is 81.3 Å². The lowest BCUT2D eigenvalue weighted by Gasteiger charge is -2.28. The van der Waals surface area contributed by atoms with Crippen molar-refractivity contribution >= 4 is 35.5 Å². The Morgan fingerprint density at radius 3 is 2.16 bits per heavy atom. The largest absolute Gasteiger partial charge is 0.508 e. The Kier molecular flexibility index (Phi) is 10.4. The van der Waals surface area contributed by atoms with Crippen molar-refractivity contribution in [3.05, 3.63) is 29.8 Å². The van der Waals surface area contributed by atoms with Gasteiger partial charge < -0.3 is 42.9 Å². The third kappa shape index (κ3) is 8.75. The minimum absolute atomic E-state index is 0.0204. The average molecular weight is 521 g/mol. The van der Waals surface area contributed by atoms with Crippen molar-refractivity contribution in [1.82, 2.24) is 15.5 Å². The quantitative estimate of drug-likeness (QED) is 0.144. The first-order valence-corrected chi connectivity index (χ1v) is 11.6. The number of hydrogen-bond donors (Lipinski definition) is 7. The molecular weight excluding hydrogens is 488 g/mol. The summed E-state index contributed by atoms with van der Waals surface area (Å²) in [5.41, 5.74) is 16.7. The van der Waals surface area contributed by atoms with Crippen molar-refractivity contribution in [2.24, 2.45) is 17.2 Å². The molecule has 1 fully saturated rings. The predicted octanol–water partition coefficient (Wildman–Crippen LogP) is -2.55. The standard InChI is InChI=1S/C23H32N6O8/c24-14(7-8-18(25)31)20(33)27-15(10-12-3-5-13(30)6-4-12)21(34)28-16(11-19(26)32)22(35)29-9-1-2-17(29)23(36)37/h3-6,14-17,30H,1-2,7-11,24H2,(H2,25,31)(H2,26,32)(H,27,33)(H,28,34)(H,36,37)/t14-,15-,16-,17-/m0/s1. The van der Waals surface area contributed by atoms with E-state index >= 15 is 0 Å². The summed E-state index contributed by atoms with van der Waals surface area (Å²) < 4.78 is 0. The van der Waals surface area contributed by atoms with Gasteiger partial charge in [-0.15, -0.1) is 0 Å². The number of aliphatic carboxylic acids is 1. The van der Waals surface area contributed by atoms with E-state index in [0.29, 0.717) is 12.0 Å². The molecule has 5 amide bonds. The van der Waals surface area contributed by atoms with Gasteiger partial charge >= 0.3 is 5.97 Å². The Labute approximate surface area is 212 Å². The SMILES string of the molecule is NC(=O)CC[C@H](N)C(=O)N[C@@H](Cc1ccc(O)cc1)C(=O)N[C@@H](CC(N)=O)C(=O)N1CCC[C@H]1C(=O)O. The van der Waals surface area contributed by atoms with E-state index in [1.54, 1.807) is 0 Å². The summed E-state index contributed by atoms with van der Waals surface area (Å²) in [7, 11) is 0. The van der Waals surface area contributed by atoms with Crippen LogP contribution >= 0.6 is 0 Å². The molecule has 14 nitrogen and oxygen atoms in total. The molecule has 10 N–H and O–H groups in total. The van der Waals surface area contributed by atoms with Crippen molar-refractivity contribution in [3.63, 3.8) is 0 Å². The zero-order valence-corrected chi connectivity index (χ0v) is 20.1. The molecule has 1 aliphatic heterocycles. The van der Waals surface area contributed by atoms with Gasteiger partial charge in [-0.3, -0.25) is 24.0 Å². The van der Waals surface area contributed by atoms with Gasteiger partial charge in [0.2, 0.25) is 29.5 Å². The molecule has 14 heteroatoms. The van der Waals surface area contributed by atoms with Crippen LogP contribution in [0.1, 0.15) is 37.7 Å². The molecule has 2 rings (SSSR count). The molecule has 0 unspecified atom stereocenters. The molecule has 0 bridgehead atoms. The number of carbonyl (C=O) groups excluding carboxylic acids is 5. The highest BCUT2D eigenvalue weighted by atomic mass is 16.4. The van der Waals surface area contributed by atoms with E-state index in [9.17, 15) is 39.0 Å². The molecule has 0 radical (unpaired) electrons. The van der Waals surface area contributed by atoms with Crippen LogP contribution in [0.3, 0.4) is 0 Å². The first-order valence-electron chi connectivity index (χ1n) is 11.6. The summed E-state index contributed by atoms with van der Waals surface area (Å²) >= 11 is 0. The first-order chi connectivity index (χ1) is 17.4. The van der Waals surface area contributed by atoms with Gasteiger partial charge in [-0.2, -0.15) is 0 Å². The molecule has 1 aromatic carbocycles. The van der Waals surface area contributed by atoms with Gasteiger partial charge in [0.15, 0.2) is 0 Å². The maximum Gasteiger partial charge on any atom is 0.326 e. The Morgan fingerprint density at radius 1 is 0.973 bits per heavy atom. The van der Waals surface area contributed by atoms with Crippen LogP contribution in [0.4, 0.5) is 0 Å². The second-order valence-corrected chi connectivity index (χ2v) is 8.80. The summed E-state index contributed by atoms with van der Waals surface area (Å²) in [6, 6.07) is 0.779. The number of nitrogens with one attached hydrogen (secondary N) is 2. The van der Waals surface area contributed by atoms with Crippen LogP contribution < -0.4 is 27.8 Å². The first kappa shape index (κ1) is 29.0. The van der Waals surface area contributed by atoms with Crippen LogP contribution in [-0.2, 0) is 35.2 Å². The smallest absolute Gasteiger partial charge is 0.326 e. The minimum Gasteiger partial charge on any atom is -0.508 e. The lowest BCUT2D eigenvalue weighted by atomic mass is 10.0. The summed E-state index contributed by atoms with van der Waals surface area (Å²) in [6.07, 6.45) is -0.239. The number of carboxylic acids is 1. The second-order valence-electron chi connectivity index (χ2n) is 8.80. The minimum atomic E-state index is -1.47. The number of benzene rings is 1. The van der Waals surface area contributed by atoms with Crippen LogP contribution in [0.15, 0.2) is 24.3 Å². The number of amides is 5. The number of phenols is 1. The molecule has 0 spiro atoms. The van der Waals surface area contributed by atoms with Crippen molar-refractivity contribution < 1.29 is 39.0 Å². The number of likely N-dealkylation sites (tertiary alicyclic amines) is 1. The topological polar surface area (TPSA) is 248 Å². The van der Waals surface area contributed by atoms with Crippen LogP contribution in [0.25, 0.3) is 0 Å². The zero-order chi connectivity index (χ0) is 27.7. The molecule has 0 aromatic heterocycles. The number of primary amides is 2. The van der Waals surface area contributed by atoms with E-state index < -0.39 is 66.1 Å². The summed E-state index contributed by atoms with van der Waals surface area (Å²) in [5.74, 6) is -5.19. The Bertz CT molecular complexity index is 1030. The molecule has 202 valence electrons. The summed E-state index contributed by atoms with van der Waals surface area (Å²) in [5, 5.41) is 23.8. The maximum absolute atomic E-state index is 13.2. The highest BCUT2D eigenvalue weighted by Crippen LogP contribution is 2.19. The van der Waals surface area contributed by atoms with Crippen molar-refractivity contribution in [2.45, 2.75) is 62.7 Å². The van der Waals surface area contributed by atoms with E-state index in [-0.39, 0.29) is 38.0 Å². The number of phenolic OH excluding ortho intramolecular Hbond substituents is 1. The van der Waals surface area contributed by atoms with Crippen LogP contribution in [0, 0.1) is 0 Å². The summed E-state index contributed by atoms with van der Waals surface area (Å²) in [6.45, 7) is 0.128. The molecular formula is C23H32N6O8. The van der Waals surface area contributed by atoms with Gasteiger partial charge in [-0.25, -0.2) is 4.79 Å². The third-order valence-electron chi connectivity index (χ3n) is 5.89. The molecule has 37 heavy (non-hydrogen) atoms. The van der Waals surface area contributed by atoms with Crippen LogP contribution in [0.5, 0.6) is 5.75 Å². The maximum atomic E-state index is 13.2. The Morgan fingerprint density at radius 2 is 1.59 bits per heavy atom. The molecule has 1 saturated heterocycles. The van der Waals surface area contributed by atoms with Gasteiger partial charge in [-0.1, -0.05) is 12.1 Å². The molecule has 1 heterocycles. The van der Waals surface area contributed by atoms with Crippen molar-refractivity contribution in [1.29, 1.82) is 0 Å². The number of nitrogens with two attached hydrogens (primary N) is 3. The molecule has 1 aromatic rings. The van der Waals surface area contributed by atoms with Gasteiger partial charge in [0.05, 0.1) is 12.5 Å². The lowest BCUT2D eigenvalue weighted by molar-refractivity contribution is -0.149. The molecule has 4 atom stereocenters. The summed E-state index contributed by atoms with van der Waals surface area (Å²) in [4.78, 5) is 74.2. The third-order valence-corrected chi connectivity index (χ3v) is 5.89. The highest BCUT2D eigenvalue weighted by Gasteiger charge is 2.39. The zero-order valence-electron chi connectivity index (χ0n) is 20.1. The van der Waals surface area contributed by atoms with Gasteiger partial charge in [0.1, 0.15) is 23.9 Å². The Balaban J connectivity index is 2.24. The van der Waals surface area contributed by atoms with E-state index in [0.717, 1.165) is 4.90 Å². The molecule has 0 aliphatic carbocycles. The number of carbonyl (C=O) groups is 6. The average Bonchev–Trinajstić information content (AvgIpc) is 3.32. The van der Waals surface area contributed by atoms with E-state index in [1.807, 2.05) is 0 Å². The van der Waals surface area contributed by atoms with Gasteiger partial charge in [-0.05, 0) is 37.0 Å². The molecule has 0 saturated carbocycles. The predicted molar refractivity (Wildman–Crippen MR) is 128 cm³/mol. The number of carboxylic acid groups (broad SMARTS) is 1. The normalized spacial score (nSPS) is 17.3. The number of aromatic hydroxyl groups is 1. The fraction of sp³-hybridized carbons (Fsp3) is 0.478. The van der Waals surface area contributed by atoms with E-state index in [4.69, 9.17) is 17.2 Å². The Hall–Kier alpha value is -4.20. The van der Waals surface area contributed by atoms with E-state index in [1.165, 1.54) is 24.3 Å². The van der Waals surface area contributed by atoms with Crippen molar-refractivity contribution in [3.8, 4) is 5.75 Å². The van der Waals surface area contributed by atoms with E-state index in [2.05, 4.69) is 10.6 Å². The fourth-order valence-corrected chi connectivity index (χ4v) is 3.95. The van der Waals surface area contributed by atoms with Crippen molar-refractivity contribution in [2.75, 3.05) is 6.54 Å². The van der Waals surface area contributed by atoms with Gasteiger partial charge in [0.25, 0.3) is 0 Å². The highest BCUT2D eigenvalue weighted by molar-refractivity contribution is 5.96. The van der Waals surface area contributed by atoms with Gasteiger partial charge in [0, 0.05) is 19.4 Å². The fourth-order valence-electron chi connectivity index (χ4n) is 3.95. The number of hydrogen-bond acceptors (Lipinski definition) is 8.